The maximum Gasteiger partial charge on any atom is 0.334 e. The Hall–Kier alpha value is -4.50. The number of urea groups is 1. The second-order valence-corrected chi connectivity index (χ2v) is 10.5. The minimum absolute atomic E-state index is 0.0586. The molecule has 2 aliphatic heterocycles. The second kappa shape index (κ2) is 12.3. The Morgan fingerprint density at radius 2 is 1.66 bits per heavy atom. The van der Waals surface area contributed by atoms with Crippen LogP contribution in [0.1, 0.15) is 22.3 Å². The highest BCUT2D eigenvalue weighted by molar-refractivity contribution is 5.91. The van der Waals surface area contributed by atoms with Crippen LogP contribution in [0.5, 0.6) is 0 Å². The first-order valence-electron chi connectivity index (χ1n) is 13.7. The van der Waals surface area contributed by atoms with Crippen molar-refractivity contribution in [3.8, 4) is 0 Å². The molecule has 9 heteroatoms. The molecule has 0 aromatic heterocycles. The summed E-state index contributed by atoms with van der Waals surface area (Å²) in [6.45, 7) is 6.68. The second-order valence-electron chi connectivity index (χ2n) is 10.5. The number of carbonyl (C=O) groups excluding carboxylic acids is 3. The molecule has 0 radical (unpaired) electrons. The van der Waals surface area contributed by atoms with Gasteiger partial charge in [-0.3, -0.25) is 9.59 Å². The Morgan fingerprint density at radius 3 is 2.34 bits per heavy atom. The molecular formula is C32H34FN5O3. The number of carbonyl (C=O) groups is 3. The fraction of sp³-hybridized carbons (Fsp3) is 0.281. The summed E-state index contributed by atoms with van der Waals surface area (Å²) in [7, 11) is 0. The van der Waals surface area contributed by atoms with Crippen molar-refractivity contribution in [1.29, 1.82) is 0 Å². The van der Waals surface area contributed by atoms with E-state index in [9.17, 15) is 18.8 Å². The zero-order chi connectivity index (χ0) is 28.9. The minimum atomic E-state index is -0.806. The predicted octanol–water partition coefficient (Wildman–Crippen LogP) is 3.87. The third-order valence-corrected chi connectivity index (χ3v) is 7.50. The van der Waals surface area contributed by atoms with Crippen LogP contribution in [0.25, 0.3) is 0 Å². The largest absolute Gasteiger partial charge is 0.334 e. The first-order valence-corrected chi connectivity index (χ1v) is 13.7. The molecule has 3 aromatic carbocycles. The summed E-state index contributed by atoms with van der Waals surface area (Å²) in [6, 6.07) is 22.3. The summed E-state index contributed by atoms with van der Waals surface area (Å²) in [5.41, 5.74) is 3.70. The van der Waals surface area contributed by atoms with Crippen molar-refractivity contribution in [3.63, 3.8) is 0 Å². The first kappa shape index (κ1) is 28.0. The van der Waals surface area contributed by atoms with Gasteiger partial charge < -0.3 is 15.1 Å². The van der Waals surface area contributed by atoms with Crippen LogP contribution in [0.4, 0.5) is 9.18 Å². The van der Waals surface area contributed by atoms with Crippen LogP contribution < -0.4 is 5.32 Å². The Kier molecular flexibility index (Phi) is 8.45. The summed E-state index contributed by atoms with van der Waals surface area (Å²) in [5, 5.41) is 6.21. The standard InChI is InChI=1S/C32H34FN5O3/c1-3-17-36-22-30(39)37-28(18-24-11-9-23(2)10-12-24)31(40)35(20-26-13-15-27(33)16-14-26)21-29(37)38(36)32(41)34-19-25-7-5-4-6-8-25/h3-16,28-29H,1,17-22H2,2H3,(H,34,41)/t28-,29-/m0/s1. The molecule has 0 spiro atoms. The summed E-state index contributed by atoms with van der Waals surface area (Å²) in [5.74, 6) is -0.793. The van der Waals surface area contributed by atoms with Crippen molar-refractivity contribution in [2.75, 3.05) is 19.6 Å². The molecular weight excluding hydrogens is 521 g/mol. The normalized spacial score (nSPS) is 19.2. The summed E-state index contributed by atoms with van der Waals surface area (Å²) in [4.78, 5) is 44.6. The summed E-state index contributed by atoms with van der Waals surface area (Å²) < 4.78 is 13.6. The number of nitrogens with one attached hydrogen (secondary N) is 1. The number of piperazine rings is 1. The molecule has 212 valence electrons. The number of amides is 4. The Labute approximate surface area is 239 Å². The van der Waals surface area contributed by atoms with Crippen molar-refractivity contribution in [3.05, 3.63) is 120 Å². The van der Waals surface area contributed by atoms with E-state index in [0.29, 0.717) is 13.0 Å². The molecule has 2 atom stereocenters. The van der Waals surface area contributed by atoms with Crippen molar-refractivity contribution in [2.45, 2.75) is 38.6 Å². The molecule has 0 bridgehead atoms. The average molecular weight is 556 g/mol. The van der Waals surface area contributed by atoms with Crippen LogP contribution in [0, 0.1) is 12.7 Å². The smallest absolute Gasteiger partial charge is 0.333 e. The Balaban J connectivity index is 1.49. The number of fused-ring (bicyclic) bond motifs is 1. The number of hydrogen-bond acceptors (Lipinski definition) is 4. The molecule has 5 rings (SSSR count). The van der Waals surface area contributed by atoms with E-state index in [-0.39, 0.29) is 49.8 Å². The number of hydrogen-bond donors (Lipinski definition) is 1. The Bertz CT molecular complexity index is 1400. The van der Waals surface area contributed by atoms with Crippen LogP contribution in [0.15, 0.2) is 91.5 Å². The summed E-state index contributed by atoms with van der Waals surface area (Å²) >= 11 is 0. The van der Waals surface area contributed by atoms with Gasteiger partial charge in [-0.15, -0.1) is 6.58 Å². The van der Waals surface area contributed by atoms with Gasteiger partial charge in [0.1, 0.15) is 18.0 Å². The lowest BCUT2D eigenvalue weighted by Gasteiger charge is -2.55. The zero-order valence-corrected chi connectivity index (χ0v) is 23.1. The maximum atomic E-state index is 14.0. The number of rotatable bonds is 8. The lowest BCUT2D eigenvalue weighted by Crippen LogP contribution is -2.76. The van der Waals surface area contributed by atoms with Gasteiger partial charge in [0, 0.05) is 26.1 Å². The number of aryl methyl sites for hydroxylation is 1. The topological polar surface area (TPSA) is 76.2 Å². The fourth-order valence-electron chi connectivity index (χ4n) is 5.46. The van der Waals surface area contributed by atoms with E-state index in [1.807, 2.05) is 61.5 Å². The van der Waals surface area contributed by atoms with Crippen LogP contribution in [-0.2, 0) is 29.1 Å². The molecule has 0 unspecified atom stereocenters. The van der Waals surface area contributed by atoms with Crippen LogP contribution >= 0.6 is 0 Å². The third kappa shape index (κ3) is 6.30. The summed E-state index contributed by atoms with van der Waals surface area (Å²) in [6.07, 6.45) is 1.22. The van der Waals surface area contributed by atoms with Crippen molar-refractivity contribution in [2.24, 2.45) is 0 Å². The van der Waals surface area contributed by atoms with Gasteiger partial charge in [0.15, 0.2) is 0 Å². The number of nitrogens with zero attached hydrogens (tertiary/aromatic N) is 4. The van der Waals surface area contributed by atoms with Gasteiger partial charge in [-0.2, -0.15) is 0 Å². The predicted molar refractivity (Wildman–Crippen MR) is 153 cm³/mol. The fourth-order valence-corrected chi connectivity index (χ4v) is 5.46. The molecule has 0 aliphatic carbocycles. The number of hydrazine groups is 1. The van der Waals surface area contributed by atoms with Crippen LogP contribution in [-0.4, -0.2) is 69.5 Å². The number of halogens is 1. The molecule has 1 N–H and O–H groups in total. The molecule has 0 saturated carbocycles. The minimum Gasteiger partial charge on any atom is -0.333 e. The van der Waals surface area contributed by atoms with E-state index >= 15 is 0 Å². The molecule has 8 nitrogen and oxygen atoms in total. The first-order chi connectivity index (χ1) is 19.8. The van der Waals surface area contributed by atoms with E-state index < -0.39 is 12.2 Å². The quantitative estimate of drug-likeness (QED) is 0.429. The maximum absolute atomic E-state index is 14.0. The van der Waals surface area contributed by atoms with Crippen LogP contribution in [0.2, 0.25) is 0 Å². The van der Waals surface area contributed by atoms with E-state index in [0.717, 1.165) is 22.3 Å². The lowest BCUT2D eigenvalue weighted by atomic mass is 9.97. The molecule has 4 amide bonds. The van der Waals surface area contributed by atoms with Gasteiger partial charge in [0.2, 0.25) is 11.8 Å². The Morgan fingerprint density at radius 1 is 0.976 bits per heavy atom. The molecule has 2 fully saturated rings. The van der Waals surface area contributed by atoms with Crippen molar-refractivity contribution in [1.82, 2.24) is 25.1 Å². The molecule has 2 saturated heterocycles. The molecule has 41 heavy (non-hydrogen) atoms. The van der Waals surface area contributed by atoms with E-state index in [4.69, 9.17) is 0 Å². The highest BCUT2D eigenvalue weighted by Crippen LogP contribution is 2.29. The van der Waals surface area contributed by atoms with Gasteiger partial charge >= 0.3 is 6.03 Å². The van der Waals surface area contributed by atoms with Gasteiger partial charge in [-0.1, -0.05) is 78.4 Å². The highest BCUT2D eigenvalue weighted by atomic mass is 19.1. The van der Waals surface area contributed by atoms with E-state index in [1.165, 1.54) is 12.1 Å². The van der Waals surface area contributed by atoms with E-state index in [1.54, 1.807) is 38.0 Å². The molecule has 3 aromatic rings. The van der Waals surface area contributed by atoms with Gasteiger partial charge in [-0.05, 0) is 35.7 Å². The third-order valence-electron chi connectivity index (χ3n) is 7.50. The highest BCUT2D eigenvalue weighted by Gasteiger charge is 2.51. The van der Waals surface area contributed by atoms with Gasteiger partial charge in [0.05, 0.1) is 13.1 Å². The van der Waals surface area contributed by atoms with Crippen molar-refractivity contribution >= 4 is 17.8 Å². The number of benzene rings is 3. The molecule has 2 heterocycles. The zero-order valence-electron chi connectivity index (χ0n) is 23.1. The van der Waals surface area contributed by atoms with Gasteiger partial charge in [-0.25, -0.2) is 19.2 Å². The van der Waals surface area contributed by atoms with Crippen molar-refractivity contribution < 1.29 is 18.8 Å². The average Bonchev–Trinajstić information content (AvgIpc) is 2.97. The van der Waals surface area contributed by atoms with Gasteiger partial charge in [0.25, 0.3) is 0 Å². The molecule has 2 aliphatic rings. The monoisotopic (exact) mass is 555 g/mol. The van der Waals surface area contributed by atoms with Crippen LogP contribution in [0.3, 0.4) is 0 Å². The SMILES string of the molecule is C=CCN1CC(=O)N2[C@@H](Cc3ccc(C)cc3)C(=O)N(Cc3ccc(F)cc3)C[C@@H]2N1C(=O)NCc1ccccc1. The van der Waals surface area contributed by atoms with E-state index in [2.05, 4.69) is 11.9 Å². The lowest BCUT2D eigenvalue weighted by molar-refractivity contribution is -0.189.